The molecule has 0 saturated heterocycles. The third-order valence-electron chi connectivity index (χ3n) is 4.86. The van der Waals surface area contributed by atoms with Crippen LogP contribution in [0.4, 0.5) is 0 Å². The number of hydrogen-bond donors (Lipinski definition) is 0. The van der Waals surface area contributed by atoms with Crippen molar-refractivity contribution in [2.24, 2.45) is 0 Å². The van der Waals surface area contributed by atoms with Crippen LogP contribution in [0.5, 0.6) is 0 Å². The lowest BCUT2D eigenvalue weighted by atomic mass is 10.1. The van der Waals surface area contributed by atoms with Crippen LogP contribution < -0.4 is 0 Å². The Morgan fingerprint density at radius 1 is 1.18 bits per heavy atom. The monoisotopic (exact) mass is 372 g/mol. The molecule has 1 aliphatic heterocycles. The van der Waals surface area contributed by atoms with Gasteiger partial charge in [-0.25, -0.2) is 0 Å². The molecule has 3 aromatic rings. The van der Waals surface area contributed by atoms with Gasteiger partial charge < -0.3 is 14.2 Å². The highest BCUT2D eigenvalue weighted by atomic mass is 16.5. The Labute approximate surface area is 163 Å². The van der Waals surface area contributed by atoms with Crippen LogP contribution in [0, 0.1) is 11.3 Å². The fourth-order valence-electron chi connectivity index (χ4n) is 3.41. The van der Waals surface area contributed by atoms with Gasteiger partial charge in [0.25, 0.3) is 5.91 Å². The van der Waals surface area contributed by atoms with Crippen LogP contribution in [0.25, 0.3) is 0 Å². The van der Waals surface area contributed by atoms with Crippen LogP contribution >= 0.6 is 0 Å². The van der Waals surface area contributed by atoms with Crippen molar-refractivity contribution in [2.75, 3.05) is 6.54 Å². The Kier molecular flexibility index (Phi) is 5.18. The maximum absolute atomic E-state index is 13.1. The first-order valence-electron chi connectivity index (χ1n) is 9.17. The molecule has 1 aliphatic rings. The van der Waals surface area contributed by atoms with Crippen LogP contribution in [0.3, 0.4) is 0 Å². The predicted molar refractivity (Wildman–Crippen MR) is 103 cm³/mol. The second-order valence-corrected chi connectivity index (χ2v) is 6.82. The summed E-state index contributed by atoms with van der Waals surface area (Å²) in [5.74, 6) is -0.0933. The van der Waals surface area contributed by atoms with E-state index in [9.17, 15) is 4.79 Å². The molecular formula is C22H20N4O2. The molecule has 0 fully saturated rings. The maximum atomic E-state index is 13.1. The van der Waals surface area contributed by atoms with Gasteiger partial charge in [-0.15, -0.1) is 0 Å². The standard InChI is InChI=1S/C22H20N4O2/c23-12-18-3-1-4-19(11-18)22(27)26-13-20-5-2-10-25(20)14-21(15-26)28-16-17-6-8-24-9-7-17/h1-11,21H,13-16H2/t21-/m1/s1. The molecule has 0 saturated carbocycles. The van der Waals surface area contributed by atoms with E-state index >= 15 is 0 Å². The SMILES string of the molecule is N#Cc1cccc(C(=O)N2Cc3cccn3C[C@@H](OCc3ccncc3)C2)c1. The van der Waals surface area contributed by atoms with Crippen molar-refractivity contribution in [1.82, 2.24) is 14.5 Å². The number of fused-ring (bicyclic) bond motifs is 1. The Morgan fingerprint density at radius 3 is 2.86 bits per heavy atom. The van der Waals surface area contributed by atoms with E-state index < -0.39 is 0 Å². The summed E-state index contributed by atoms with van der Waals surface area (Å²) in [5, 5.41) is 9.12. The third-order valence-corrected chi connectivity index (χ3v) is 4.86. The highest BCUT2D eigenvalue weighted by molar-refractivity contribution is 5.94. The van der Waals surface area contributed by atoms with Crippen LogP contribution in [0.1, 0.15) is 27.2 Å². The highest BCUT2D eigenvalue weighted by Gasteiger charge is 2.26. The maximum Gasteiger partial charge on any atom is 0.254 e. The van der Waals surface area contributed by atoms with Gasteiger partial charge in [-0.3, -0.25) is 9.78 Å². The van der Waals surface area contributed by atoms with E-state index in [0.717, 1.165) is 11.3 Å². The van der Waals surface area contributed by atoms with Crippen molar-refractivity contribution < 1.29 is 9.53 Å². The largest absolute Gasteiger partial charge is 0.370 e. The average Bonchev–Trinajstić information content (AvgIpc) is 3.10. The number of carbonyl (C=O) groups is 1. The second-order valence-electron chi connectivity index (χ2n) is 6.82. The van der Waals surface area contributed by atoms with Crippen molar-refractivity contribution in [1.29, 1.82) is 5.26 Å². The number of nitrogens with zero attached hydrogens (tertiary/aromatic N) is 4. The number of hydrogen-bond acceptors (Lipinski definition) is 4. The highest BCUT2D eigenvalue weighted by Crippen LogP contribution is 2.19. The van der Waals surface area contributed by atoms with Gasteiger partial charge in [0.05, 0.1) is 37.4 Å². The van der Waals surface area contributed by atoms with E-state index in [1.807, 2.05) is 30.5 Å². The topological polar surface area (TPSA) is 71.2 Å². The summed E-state index contributed by atoms with van der Waals surface area (Å²) in [7, 11) is 0. The molecule has 0 unspecified atom stereocenters. The summed E-state index contributed by atoms with van der Waals surface area (Å²) in [5.41, 5.74) is 3.12. The molecule has 6 nitrogen and oxygen atoms in total. The van der Waals surface area contributed by atoms with E-state index in [-0.39, 0.29) is 12.0 Å². The number of carbonyl (C=O) groups excluding carboxylic acids is 1. The van der Waals surface area contributed by atoms with E-state index in [0.29, 0.717) is 37.4 Å². The first-order chi connectivity index (χ1) is 13.7. The van der Waals surface area contributed by atoms with Gasteiger partial charge in [-0.1, -0.05) is 6.07 Å². The van der Waals surface area contributed by atoms with Crippen molar-refractivity contribution >= 4 is 5.91 Å². The lowest BCUT2D eigenvalue weighted by molar-refractivity contribution is 0.0105. The molecule has 3 heterocycles. The molecule has 4 rings (SSSR count). The van der Waals surface area contributed by atoms with Gasteiger partial charge in [0.15, 0.2) is 0 Å². The summed E-state index contributed by atoms with van der Waals surface area (Å²) in [6.07, 6.45) is 5.37. The third kappa shape index (κ3) is 3.95. The average molecular weight is 372 g/mol. The lowest BCUT2D eigenvalue weighted by Gasteiger charge is -2.24. The minimum absolute atomic E-state index is 0.0933. The Bertz CT molecular complexity index is 1010. The number of ether oxygens (including phenoxy) is 1. The molecule has 28 heavy (non-hydrogen) atoms. The Morgan fingerprint density at radius 2 is 2.04 bits per heavy atom. The van der Waals surface area contributed by atoms with E-state index in [1.54, 1.807) is 41.6 Å². The van der Waals surface area contributed by atoms with Crippen molar-refractivity contribution in [3.8, 4) is 6.07 Å². The molecule has 0 bridgehead atoms. The smallest absolute Gasteiger partial charge is 0.254 e. The fraction of sp³-hybridized carbons (Fsp3) is 0.227. The summed E-state index contributed by atoms with van der Waals surface area (Å²) in [4.78, 5) is 18.9. The van der Waals surface area contributed by atoms with Crippen LogP contribution in [-0.2, 0) is 24.4 Å². The number of amides is 1. The van der Waals surface area contributed by atoms with Gasteiger partial charge >= 0.3 is 0 Å². The van der Waals surface area contributed by atoms with Gasteiger partial charge in [0.1, 0.15) is 0 Å². The first kappa shape index (κ1) is 18.0. The number of aromatic nitrogens is 2. The van der Waals surface area contributed by atoms with Gasteiger partial charge in [-0.05, 0) is 48.0 Å². The van der Waals surface area contributed by atoms with E-state index in [4.69, 9.17) is 10.00 Å². The normalized spacial score (nSPS) is 16.1. The molecule has 0 N–H and O–H groups in total. The van der Waals surface area contributed by atoms with Gasteiger partial charge in [0, 0.05) is 36.4 Å². The van der Waals surface area contributed by atoms with Crippen LogP contribution in [-0.4, -0.2) is 33.0 Å². The van der Waals surface area contributed by atoms with Gasteiger partial charge in [0.2, 0.25) is 0 Å². The molecule has 1 atom stereocenters. The molecule has 0 radical (unpaired) electrons. The van der Waals surface area contributed by atoms with E-state index in [1.165, 1.54) is 0 Å². The minimum atomic E-state index is -0.134. The zero-order valence-corrected chi connectivity index (χ0v) is 15.4. The van der Waals surface area contributed by atoms with Crippen LogP contribution in [0.15, 0.2) is 67.1 Å². The molecule has 0 aliphatic carbocycles. The molecular weight excluding hydrogens is 352 g/mol. The van der Waals surface area contributed by atoms with Crippen molar-refractivity contribution in [2.45, 2.75) is 25.8 Å². The van der Waals surface area contributed by atoms with Crippen LogP contribution in [0.2, 0.25) is 0 Å². The zero-order chi connectivity index (χ0) is 19.3. The first-order valence-corrected chi connectivity index (χ1v) is 9.17. The lowest BCUT2D eigenvalue weighted by Crippen LogP contribution is -2.37. The minimum Gasteiger partial charge on any atom is -0.370 e. The fourth-order valence-corrected chi connectivity index (χ4v) is 3.41. The molecule has 2 aromatic heterocycles. The summed E-state index contributed by atoms with van der Waals surface area (Å²) >= 11 is 0. The molecule has 0 spiro atoms. The Hall–Kier alpha value is -3.43. The number of nitriles is 1. The predicted octanol–water partition coefficient (Wildman–Crippen LogP) is 3.00. The second kappa shape index (κ2) is 8.07. The molecule has 6 heteroatoms. The van der Waals surface area contributed by atoms with E-state index in [2.05, 4.69) is 15.6 Å². The van der Waals surface area contributed by atoms with Crippen molar-refractivity contribution in [3.63, 3.8) is 0 Å². The zero-order valence-electron chi connectivity index (χ0n) is 15.4. The van der Waals surface area contributed by atoms with Gasteiger partial charge in [-0.2, -0.15) is 5.26 Å². The molecule has 1 aromatic carbocycles. The van der Waals surface area contributed by atoms with Crippen molar-refractivity contribution in [3.05, 3.63) is 89.5 Å². The summed E-state index contributed by atoms with van der Waals surface area (Å²) < 4.78 is 8.28. The summed E-state index contributed by atoms with van der Waals surface area (Å²) in [6.45, 7) is 2.16. The molecule has 140 valence electrons. The quantitative estimate of drug-likeness (QED) is 0.706. The number of pyridine rings is 1. The number of benzene rings is 1. The molecule has 1 amide bonds. The number of rotatable bonds is 4. The summed E-state index contributed by atoms with van der Waals surface area (Å²) in [6, 6.07) is 16.8. The Balaban J connectivity index is 1.54.